The molecule has 0 bridgehead atoms. The fourth-order valence-electron chi connectivity index (χ4n) is 4.93. The van der Waals surface area contributed by atoms with Gasteiger partial charge in [-0.15, -0.1) is 0 Å². The summed E-state index contributed by atoms with van der Waals surface area (Å²) < 4.78 is 28.4. The van der Waals surface area contributed by atoms with Crippen LogP contribution in [0.15, 0.2) is 97.1 Å². The van der Waals surface area contributed by atoms with Crippen LogP contribution in [0.25, 0.3) is 0 Å². The maximum Gasteiger partial charge on any atom is 0.160 e. The lowest BCUT2D eigenvalue weighted by Gasteiger charge is -2.22. The van der Waals surface area contributed by atoms with E-state index in [-0.39, 0.29) is 11.8 Å². The van der Waals surface area contributed by atoms with Gasteiger partial charge in [0.25, 0.3) is 0 Å². The molecule has 0 amide bonds. The summed E-state index contributed by atoms with van der Waals surface area (Å²) >= 11 is 0. The summed E-state index contributed by atoms with van der Waals surface area (Å²) in [6.45, 7) is 1.21. The molecule has 0 saturated heterocycles. The first-order valence-electron chi connectivity index (χ1n) is 13.2. The summed E-state index contributed by atoms with van der Waals surface area (Å²) in [7, 11) is 6.65. The lowest BCUT2D eigenvalue weighted by Crippen LogP contribution is -2.16. The fraction of sp³-hybridized carbons (Fsp3) is 0.294. The van der Waals surface area contributed by atoms with Gasteiger partial charge < -0.3 is 23.7 Å². The van der Waals surface area contributed by atoms with Gasteiger partial charge >= 0.3 is 0 Å². The van der Waals surface area contributed by atoms with E-state index in [1.165, 1.54) is 22.3 Å². The Morgan fingerprint density at radius 2 is 0.846 bits per heavy atom. The zero-order valence-corrected chi connectivity index (χ0v) is 23.3. The minimum Gasteiger partial charge on any atom is -0.493 e. The molecule has 4 aromatic rings. The number of ether oxygens (including phenoxy) is 5. The molecule has 0 aromatic heterocycles. The standard InChI is InChI=1S/C34H38O5/c1-35-31-17-15-25(21-33(31)37-3)19-29(27-11-7-5-8-12-27)23-39-24-30(28-13-9-6-10-14-28)20-26-16-18-32(36-2)34(22-26)38-4/h5-18,21-22,29-30H,19-20,23-24H2,1-4H3. The van der Waals surface area contributed by atoms with Crippen molar-refractivity contribution >= 4 is 0 Å². The quantitative estimate of drug-likeness (QED) is 0.176. The molecule has 5 nitrogen and oxygen atoms in total. The van der Waals surface area contributed by atoms with Gasteiger partial charge in [0.15, 0.2) is 23.0 Å². The largest absolute Gasteiger partial charge is 0.493 e. The molecule has 0 heterocycles. The van der Waals surface area contributed by atoms with Gasteiger partial charge in [-0.1, -0.05) is 72.8 Å². The van der Waals surface area contributed by atoms with Crippen LogP contribution in [0, 0.1) is 0 Å². The zero-order valence-electron chi connectivity index (χ0n) is 23.3. The third-order valence-corrected chi connectivity index (χ3v) is 7.04. The van der Waals surface area contributed by atoms with Crippen molar-refractivity contribution in [2.45, 2.75) is 24.7 Å². The van der Waals surface area contributed by atoms with Crippen LogP contribution in [0.3, 0.4) is 0 Å². The van der Waals surface area contributed by atoms with Gasteiger partial charge in [0.1, 0.15) is 0 Å². The van der Waals surface area contributed by atoms with E-state index in [4.69, 9.17) is 23.7 Å². The Morgan fingerprint density at radius 3 is 1.21 bits per heavy atom. The van der Waals surface area contributed by atoms with E-state index in [9.17, 15) is 0 Å². The van der Waals surface area contributed by atoms with E-state index in [0.717, 1.165) is 35.8 Å². The van der Waals surface area contributed by atoms with Gasteiger partial charge in [0, 0.05) is 11.8 Å². The van der Waals surface area contributed by atoms with E-state index in [0.29, 0.717) is 13.2 Å². The van der Waals surface area contributed by atoms with Crippen molar-refractivity contribution in [3.05, 3.63) is 119 Å². The second kappa shape index (κ2) is 14.3. The van der Waals surface area contributed by atoms with Crippen molar-refractivity contribution in [3.63, 3.8) is 0 Å². The third-order valence-electron chi connectivity index (χ3n) is 7.04. The van der Waals surface area contributed by atoms with Crippen LogP contribution < -0.4 is 18.9 Å². The Morgan fingerprint density at radius 1 is 0.462 bits per heavy atom. The van der Waals surface area contributed by atoms with Gasteiger partial charge in [-0.2, -0.15) is 0 Å². The molecule has 0 aliphatic rings. The Kier molecular flexibility index (Phi) is 10.3. The van der Waals surface area contributed by atoms with Crippen LogP contribution in [-0.2, 0) is 17.6 Å². The SMILES string of the molecule is COc1ccc(CC(COCC(Cc2ccc(OC)c(OC)c2)c2ccccc2)c2ccccc2)cc1OC. The van der Waals surface area contributed by atoms with Crippen LogP contribution in [0.2, 0.25) is 0 Å². The second-order valence-corrected chi connectivity index (χ2v) is 9.54. The highest BCUT2D eigenvalue weighted by Crippen LogP contribution is 2.32. The molecule has 39 heavy (non-hydrogen) atoms. The smallest absolute Gasteiger partial charge is 0.160 e. The van der Waals surface area contributed by atoms with Crippen LogP contribution >= 0.6 is 0 Å². The molecule has 0 N–H and O–H groups in total. The molecule has 4 rings (SSSR count). The minimum absolute atomic E-state index is 0.196. The van der Waals surface area contributed by atoms with Crippen LogP contribution in [0.4, 0.5) is 0 Å². The Bertz CT molecular complexity index is 1190. The predicted molar refractivity (Wildman–Crippen MR) is 156 cm³/mol. The van der Waals surface area contributed by atoms with Crippen molar-refractivity contribution < 1.29 is 23.7 Å². The average molecular weight is 527 g/mol. The first-order valence-corrected chi connectivity index (χ1v) is 13.2. The Hall–Kier alpha value is -3.96. The Balaban J connectivity index is 1.51. The first kappa shape index (κ1) is 28.1. The number of hydrogen-bond acceptors (Lipinski definition) is 5. The molecule has 0 radical (unpaired) electrons. The molecule has 0 saturated carbocycles. The molecule has 204 valence electrons. The Labute approximate surface area is 232 Å². The molecule has 0 fully saturated rings. The van der Waals surface area contributed by atoms with Gasteiger partial charge in [-0.05, 0) is 59.4 Å². The highest BCUT2D eigenvalue weighted by Gasteiger charge is 2.18. The van der Waals surface area contributed by atoms with Gasteiger partial charge in [0.05, 0.1) is 41.7 Å². The van der Waals surface area contributed by atoms with Crippen molar-refractivity contribution in [3.8, 4) is 23.0 Å². The molecule has 2 atom stereocenters. The van der Waals surface area contributed by atoms with E-state index >= 15 is 0 Å². The van der Waals surface area contributed by atoms with Crippen molar-refractivity contribution in [2.24, 2.45) is 0 Å². The third kappa shape index (κ3) is 7.55. The number of benzene rings is 4. The van der Waals surface area contributed by atoms with Gasteiger partial charge in [-0.3, -0.25) is 0 Å². The van der Waals surface area contributed by atoms with E-state index in [1.54, 1.807) is 28.4 Å². The van der Waals surface area contributed by atoms with E-state index in [1.807, 2.05) is 24.3 Å². The summed E-state index contributed by atoms with van der Waals surface area (Å²) in [5.41, 5.74) is 4.86. The molecule has 0 spiro atoms. The van der Waals surface area contributed by atoms with Crippen LogP contribution in [0.5, 0.6) is 23.0 Å². The lowest BCUT2D eigenvalue weighted by atomic mass is 9.91. The summed E-state index contributed by atoms with van der Waals surface area (Å²) in [4.78, 5) is 0. The lowest BCUT2D eigenvalue weighted by molar-refractivity contribution is 0.106. The van der Waals surface area contributed by atoms with Crippen LogP contribution in [0.1, 0.15) is 34.1 Å². The molecule has 0 aliphatic carbocycles. The first-order chi connectivity index (χ1) is 19.1. The predicted octanol–water partition coefficient (Wildman–Crippen LogP) is 7.09. The minimum atomic E-state index is 0.196. The zero-order chi connectivity index (χ0) is 27.5. The highest BCUT2D eigenvalue weighted by atomic mass is 16.5. The number of hydrogen-bond donors (Lipinski definition) is 0. The molecular formula is C34H38O5. The van der Waals surface area contributed by atoms with Crippen LogP contribution in [-0.4, -0.2) is 41.7 Å². The monoisotopic (exact) mass is 526 g/mol. The average Bonchev–Trinajstić information content (AvgIpc) is 3.00. The molecular weight excluding hydrogens is 488 g/mol. The normalized spacial score (nSPS) is 12.4. The van der Waals surface area contributed by atoms with Gasteiger partial charge in [0.2, 0.25) is 0 Å². The number of methoxy groups -OCH3 is 4. The fourth-order valence-corrected chi connectivity index (χ4v) is 4.93. The summed E-state index contributed by atoms with van der Waals surface area (Å²) in [6, 6.07) is 33.4. The van der Waals surface area contributed by atoms with Gasteiger partial charge in [-0.25, -0.2) is 0 Å². The topological polar surface area (TPSA) is 46.2 Å². The maximum absolute atomic E-state index is 6.50. The van der Waals surface area contributed by atoms with E-state index in [2.05, 4.69) is 72.8 Å². The molecule has 4 aromatic carbocycles. The van der Waals surface area contributed by atoms with E-state index < -0.39 is 0 Å². The molecule has 2 unspecified atom stereocenters. The molecule has 5 heteroatoms. The summed E-state index contributed by atoms with van der Waals surface area (Å²) in [6.07, 6.45) is 1.66. The summed E-state index contributed by atoms with van der Waals surface area (Å²) in [5, 5.41) is 0. The highest BCUT2D eigenvalue weighted by molar-refractivity contribution is 5.44. The summed E-state index contributed by atoms with van der Waals surface area (Å²) in [5.74, 6) is 3.33. The maximum atomic E-state index is 6.50. The molecule has 0 aliphatic heterocycles. The second-order valence-electron chi connectivity index (χ2n) is 9.54. The van der Waals surface area contributed by atoms with Crippen molar-refractivity contribution in [2.75, 3.05) is 41.7 Å². The number of rotatable bonds is 14. The van der Waals surface area contributed by atoms with Crippen molar-refractivity contribution in [1.82, 2.24) is 0 Å². The van der Waals surface area contributed by atoms with Crippen molar-refractivity contribution in [1.29, 1.82) is 0 Å².